The zero-order valence-corrected chi connectivity index (χ0v) is 15.4. The third-order valence-electron chi connectivity index (χ3n) is 4.30. The van der Waals surface area contributed by atoms with Gasteiger partial charge in [0, 0.05) is 6.42 Å². The van der Waals surface area contributed by atoms with Crippen LogP contribution in [0.2, 0.25) is 0 Å². The Morgan fingerprint density at radius 2 is 1.67 bits per heavy atom. The maximum absolute atomic E-state index is 13.2. The van der Waals surface area contributed by atoms with Crippen molar-refractivity contribution < 1.29 is 22.7 Å². The number of carboxylic acid groups (broad SMARTS) is 1. The van der Waals surface area contributed by atoms with Crippen molar-refractivity contribution in [2.24, 2.45) is 0 Å². The second-order valence-electron chi connectivity index (χ2n) is 6.23. The summed E-state index contributed by atoms with van der Waals surface area (Å²) >= 11 is 0. The Balaban J connectivity index is 2.09. The SMILES string of the molecule is CS(=O)(=O)N(c1ccc(F)cc1)C(Cc1cccc2ccccc12)C(=O)O. The van der Waals surface area contributed by atoms with Gasteiger partial charge in [-0.1, -0.05) is 42.5 Å². The van der Waals surface area contributed by atoms with Crippen molar-refractivity contribution in [1.82, 2.24) is 0 Å². The molecule has 5 nitrogen and oxygen atoms in total. The molecule has 1 atom stereocenters. The summed E-state index contributed by atoms with van der Waals surface area (Å²) < 4.78 is 38.8. The van der Waals surface area contributed by atoms with Crippen LogP contribution in [0.1, 0.15) is 5.56 Å². The monoisotopic (exact) mass is 387 g/mol. The number of anilines is 1. The van der Waals surface area contributed by atoms with Crippen LogP contribution < -0.4 is 4.31 Å². The number of aliphatic carboxylic acids is 1. The number of carboxylic acids is 1. The van der Waals surface area contributed by atoms with E-state index in [9.17, 15) is 22.7 Å². The largest absolute Gasteiger partial charge is 0.480 e. The average Bonchev–Trinajstić information content (AvgIpc) is 2.62. The first kappa shape index (κ1) is 18.8. The molecule has 1 N–H and O–H groups in total. The van der Waals surface area contributed by atoms with Crippen molar-refractivity contribution in [2.45, 2.75) is 12.5 Å². The fourth-order valence-corrected chi connectivity index (χ4v) is 4.27. The Bertz CT molecular complexity index is 1080. The quantitative estimate of drug-likeness (QED) is 0.703. The highest BCUT2D eigenvalue weighted by Crippen LogP contribution is 2.26. The summed E-state index contributed by atoms with van der Waals surface area (Å²) in [5, 5.41) is 11.6. The topological polar surface area (TPSA) is 74.7 Å². The smallest absolute Gasteiger partial charge is 0.327 e. The molecule has 0 amide bonds. The van der Waals surface area contributed by atoms with Gasteiger partial charge >= 0.3 is 5.97 Å². The predicted molar refractivity (Wildman–Crippen MR) is 103 cm³/mol. The van der Waals surface area contributed by atoms with Gasteiger partial charge in [0.05, 0.1) is 11.9 Å². The summed E-state index contributed by atoms with van der Waals surface area (Å²) in [6, 6.07) is 16.3. The lowest BCUT2D eigenvalue weighted by Crippen LogP contribution is -2.46. The van der Waals surface area contributed by atoms with Crippen LogP contribution in [0.15, 0.2) is 66.7 Å². The van der Waals surface area contributed by atoms with Gasteiger partial charge in [-0.25, -0.2) is 17.6 Å². The highest BCUT2D eigenvalue weighted by atomic mass is 32.2. The van der Waals surface area contributed by atoms with E-state index in [4.69, 9.17) is 0 Å². The van der Waals surface area contributed by atoms with Crippen LogP contribution in [-0.4, -0.2) is 31.8 Å². The number of sulfonamides is 1. The molecule has 0 aliphatic rings. The molecule has 0 saturated carbocycles. The van der Waals surface area contributed by atoms with Gasteiger partial charge in [0.1, 0.15) is 11.9 Å². The predicted octanol–water partition coefficient (Wildman–Crippen LogP) is 3.44. The Morgan fingerprint density at radius 3 is 2.30 bits per heavy atom. The lowest BCUT2D eigenvalue weighted by molar-refractivity contribution is -0.138. The molecule has 3 aromatic carbocycles. The first-order valence-corrected chi connectivity index (χ1v) is 10.1. The van der Waals surface area contributed by atoms with Gasteiger partial charge in [0.2, 0.25) is 10.0 Å². The second-order valence-corrected chi connectivity index (χ2v) is 8.09. The number of rotatable bonds is 6. The van der Waals surface area contributed by atoms with Gasteiger partial charge in [-0.3, -0.25) is 4.31 Å². The fraction of sp³-hybridized carbons (Fsp3) is 0.150. The summed E-state index contributed by atoms with van der Waals surface area (Å²) in [6.07, 6.45) is 0.913. The van der Waals surface area contributed by atoms with Crippen LogP contribution in [0.3, 0.4) is 0 Å². The number of benzene rings is 3. The molecule has 0 bridgehead atoms. The summed E-state index contributed by atoms with van der Waals surface area (Å²) in [5.41, 5.74) is 0.822. The fourth-order valence-electron chi connectivity index (χ4n) is 3.14. The number of carbonyl (C=O) groups is 1. The second kappa shape index (κ2) is 7.36. The maximum atomic E-state index is 13.2. The maximum Gasteiger partial charge on any atom is 0.327 e. The highest BCUT2D eigenvalue weighted by Gasteiger charge is 2.33. The summed E-state index contributed by atoms with van der Waals surface area (Å²) in [7, 11) is -3.92. The van der Waals surface area contributed by atoms with Gasteiger partial charge in [-0.15, -0.1) is 0 Å². The molecule has 3 rings (SSSR count). The van der Waals surface area contributed by atoms with Crippen molar-refractivity contribution >= 4 is 32.5 Å². The molecule has 27 heavy (non-hydrogen) atoms. The van der Waals surface area contributed by atoms with E-state index < -0.39 is 27.9 Å². The summed E-state index contributed by atoms with van der Waals surface area (Å²) in [5.74, 6) is -1.81. The standard InChI is InChI=1S/C20H18FNO4S/c1-27(25,26)22(17-11-9-16(21)10-12-17)19(20(23)24)13-15-7-4-6-14-5-2-3-8-18(14)15/h2-12,19H,13H2,1H3,(H,23,24). The normalized spacial score (nSPS) is 12.7. The number of fused-ring (bicyclic) bond motifs is 1. The van der Waals surface area contributed by atoms with Gasteiger partial charge in [0.15, 0.2) is 0 Å². The third kappa shape index (κ3) is 4.09. The van der Waals surface area contributed by atoms with Crippen molar-refractivity contribution in [2.75, 3.05) is 10.6 Å². The molecule has 0 heterocycles. The lowest BCUT2D eigenvalue weighted by atomic mass is 9.98. The number of hydrogen-bond acceptors (Lipinski definition) is 3. The molecule has 0 aliphatic carbocycles. The molecule has 0 fully saturated rings. The molecule has 3 aromatic rings. The van der Waals surface area contributed by atoms with Gasteiger partial charge in [0.25, 0.3) is 0 Å². The van der Waals surface area contributed by atoms with Crippen molar-refractivity contribution in [3.05, 3.63) is 78.1 Å². The van der Waals surface area contributed by atoms with Crippen LogP contribution in [0.25, 0.3) is 10.8 Å². The minimum Gasteiger partial charge on any atom is -0.480 e. The molecule has 1 unspecified atom stereocenters. The highest BCUT2D eigenvalue weighted by molar-refractivity contribution is 7.92. The van der Waals surface area contributed by atoms with Crippen LogP contribution in [0.4, 0.5) is 10.1 Å². The third-order valence-corrected chi connectivity index (χ3v) is 5.48. The lowest BCUT2D eigenvalue weighted by Gasteiger charge is -2.29. The first-order valence-electron chi connectivity index (χ1n) is 8.22. The van der Waals surface area contributed by atoms with Gasteiger partial charge in [-0.05, 0) is 40.6 Å². The van der Waals surface area contributed by atoms with Crippen molar-refractivity contribution in [3.63, 3.8) is 0 Å². The minimum atomic E-state index is -3.92. The van der Waals surface area contributed by atoms with E-state index in [-0.39, 0.29) is 12.1 Å². The molecular formula is C20H18FNO4S. The van der Waals surface area contributed by atoms with Crippen LogP contribution in [-0.2, 0) is 21.2 Å². The van der Waals surface area contributed by atoms with Crippen molar-refractivity contribution in [3.8, 4) is 0 Å². The van der Waals surface area contributed by atoms with E-state index in [0.29, 0.717) is 0 Å². The Morgan fingerprint density at radius 1 is 1.04 bits per heavy atom. The van der Waals surface area contributed by atoms with E-state index in [1.165, 1.54) is 12.1 Å². The van der Waals surface area contributed by atoms with Crippen LogP contribution in [0.5, 0.6) is 0 Å². The van der Waals surface area contributed by atoms with Crippen LogP contribution in [0, 0.1) is 5.82 Å². The molecule has 7 heteroatoms. The molecular weight excluding hydrogens is 369 g/mol. The van der Waals surface area contributed by atoms with Gasteiger partial charge in [-0.2, -0.15) is 0 Å². The zero-order chi connectivity index (χ0) is 19.6. The Labute approximate surface area is 156 Å². The Kier molecular flexibility index (Phi) is 5.14. The zero-order valence-electron chi connectivity index (χ0n) is 14.5. The van der Waals surface area contributed by atoms with E-state index >= 15 is 0 Å². The number of nitrogens with zero attached hydrogens (tertiary/aromatic N) is 1. The average molecular weight is 387 g/mol. The molecule has 140 valence electrons. The summed E-state index contributed by atoms with van der Waals surface area (Å²) in [4.78, 5) is 12.0. The first-order chi connectivity index (χ1) is 12.8. The Hall–Kier alpha value is -2.93. The molecule has 0 aliphatic heterocycles. The van der Waals surface area contributed by atoms with Crippen LogP contribution >= 0.6 is 0 Å². The van der Waals surface area contributed by atoms with E-state index in [1.54, 1.807) is 12.1 Å². The summed E-state index contributed by atoms with van der Waals surface area (Å²) in [6.45, 7) is 0. The minimum absolute atomic E-state index is 0.0267. The molecule has 0 aromatic heterocycles. The van der Waals surface area contributed by atoms with Crippen molar-refractivity contribution in [1.29, 1.82) is 0 Å². The van der Waals surface area contributed by atoms with E-state index in [2.05, 4.69) is 0 Å². The van der Waals surface area contributed by atoms with E-state index in [0.717, 1.165) is 39.0 Å². The molecule has 0 spiro atoms. The number of hydrogen-bond donors (Lipinski definition) is 1. The number of halogens is 1. The van der Waals surface area contributed by atoms with Gasteiger partial charge < -0.3 is 5.11 Å². The molecule has 0 saturated heterocycles. The van der Waals surface area contributed by atoms with E-state index in [1.807, 2.05) is 30.3 Å². The molecule has 0 radical (unpaired) electrons.